The highest BCUT2D eigenvalue weighted by Gasteiger charge is 2.50. The lowest BCUT2D eigenvalue weighted by Crippen LogP contribution is -2.54. The Balaban J connectivity index is 1.97. The van der Waals surface area contributed by atoms with E-state index in [9.17, 15) is 14.4 Å². The van der Waals surface area contributed by atoms with Crippen molar-refractivity contribution in [2.75, 3.05) is 12.4 Å². The molecule has 0 aliphatic carbocycles. The van der Waals surface area contributed by atoms with Crippen molar-refractivity contribution in [2.24, 2.45) is 5.41 Å². The van der Waals surface area contributed by atoms with Crippen LogP contribution in [0.3, 0.4) is 0 Å². The van der Waals surface area contributed by atoms with Gasteiger partial charge in [0.2, 0.25) is 5.78 Å². The average Bonchev–Trinajstić information content (AvgIpc) is 2.92. The summed E-state index contributed by atoms with van der Waals surface area (Å²) in [6.07, 6.45) is 4.94. The van der Waals surface area contributed by atoms with Gasteiger partial charge in [-0.3, -0.25) is 14.6 Å². The first-order valence-corrected chi connectivity index (χ1v) is 10.1. The van der Waals surface area contributed by atoms with Crippen molar-refractivity contribution in [2.45, 2.75) is 58.4 Å². The molecule has 7 heteroatoms. The first-order chi connectivity index (χ1) is 12.5. The maximum Gasteiger partial charge on any atom is 0.329 e. The van der Waals surface area contributed by atoms with Crippen molar-refractivity contribution >= 4 is 29.4 Å². The Morgan fingerprint density at radius 2 is 2.04 bits per heavy atom. The Bertz CT molecular complexity index is 698. The van der Waals surface area contributed by atoms with Crippen molar-refractivity contribution < 1.29 is 19.1 Å². The minimum absolute atomic E-state index is 0.268. The van der Waals surface area contributed by atoms with Crippen LogP contribution in [0.4, 0.5) is 0 Å². The lowest BCUT2D eigenvalue weighted by atomic mass is 9.89. The highest BCUT2D eigenvalue weighted by atomic mass is 32.2. The SMILES string of the molecule is CC(C)(C)C(=O)C(=O)N1[C@H](C(=O)OCCCc2cccnc2)CSC1(C)C. The van der Waals surface area contributed by atoms with Crippen LogP contribution in [0.2, 0.25) is 0 Å². The molecule has 0 spiro atoms. The smallest absolute Gasteiger partial charge is 0.329 e. The predicted molar refractivity (Wildman–Crippen MR) is 105 cm³/mol. The first-order valence-electron chi connectivity index (χ1n) is 9.11. The lowest BCUT2D eigenvalue weighted by molar-refractivity contribution is -0.159. The second-order valence-corrected chi connectivity index (χ2v) is 9.78. The number of ether oxygens (including phenoxy) is 1. The van der Waals surface area contributed by atoms with E-state index in [2.05, 4.69) is 4.98 Å². The molecule has 1 amide bonds. The largest absolute Gasteiger partial charge is 0.464 e. The van der Waals surface area contributed by atoms with E-state index in [1.807, 2.05) is 26.0 Å². The Kier molecular flexibility index (Phi) is 6.68. The van der Waals surface area contributed by atoms with Gasteiger partial charge in [-0.1, -0.05) is 26.8 Å². The number of amides is 1. The Labute approximate surface area is 165 Å². The number of hydrogen-bond donors (Lipinski definition) is 0. The molecule has 0 bridgehead atoms. The molecular formula is C20H28N2O4S. The number of aryl methyl sites for hydroxylation is 1. The summed E-state index contributed by atoms with van der Waals surface area (Å²) in [6.45, 7) is 9.08. The van der Waals surface area contributed by atoms with Crippen molar-refractivity contribution in [3.8, 4) is 0 Å². The van der Waals surface area contributed by atoms with E-state index in [1.54, 1.807) is 33.2 Å². The number of hydrogen-bond acceptors (Lipinski definition) is 6. The molecule has 0 N–H and O–H groups in total. The number of Topliss-reactive ketones (excluding diaryl/α,β-unsaturated/α-hetero) is 1. The van der Waals surface area contributed by atoms with Crippen LogP contribution < -0.4 is 0 Å². The molecule has 0 unspecified atom stereocenters. The number of carbonyl (C=O) groups excluding carboxylic acids is 3. The topological polar surface area (TPSA) is 76.6 Å². The second kappa shape index (κ2) is 8.42. The number of rotatable bonds is 6. The molecule has 1 atom stereocenters. The number of thioether (sulfide) groups is 1. The molecule has 1 aromatic rings. The van der Waals surface area contributed by atoms with E-state index in [1.165, 1.54) is 16.7 Å². The third-order valence-corrected chi connectivity index (χ3v) is 5.82. The summed E-state index contributed by atoms with van der Waals surface area (Å²) >= 11 is 1.48. The molecule has 0 saturated carbocycles. The highest BCUT2D eigenvalue weighted by Crippen LogP contribution is 2.40. The van der Waals surface area contributed by atoms with E-state index in [-0.39, 0.29) is 6.61 Å². The Hall–Kier alpha value is -1.89. The Morgan fingerprint density at radius 3 is 2.63 bits per heavy atom. The fourth-order valence-electron chi connectivity index (χ4n) is 2.88. The zero-order valence-electron chi connectivity index (χ0n) is 16.7. The molecule has 0 radical (unpaired) electrons. The van der Waals surface area contributed by atoms with Gasteiger partial charge in [-0.2, -0.15) is 0 Å². The van der Waals surface area contributed by atoms with Gasteiger partial charge in [0.15, 0.2) is 0 Å². The molecule has 1 saturated heterocycles. The number of carbonyl (C=O) groups is 3. The molecule has 1 fully saturated rings. The van der Waals surface area contributed by atoms with E-state index < -0.39 is 34.0 Å². The van der Waals surface area contributed by atoms with Crippen LogP contribution in [0.15, 0.2) is 24.5 Å². The zero-order valence-corrected chi connectivity index (χ0v) is 17.5. The quantitative estimate of drug-likeness (QED) is 0.421. The number of pyridine rings is 1. The summed E-state index contributed by atoms with van der Waals surface area (Å²) in [4.78, 5) is 42.7. The van der Waals surface area contributed by atoms with E-state index >= 15 is 0 Å². The summed E-state index contributed by atoms with van der Waals surface area (Å²) in [5.74, 6) is -1.13. The van der Waals surface area contributed by atoms with Gasteiger partial charge in [0.1, 0.15) is 6.04 Å². The summed E-state index contributed by atoms with van der Waals surface area (Å²) in [5.41, 5.74) is 0.289. The lowest BCUT2D eigenvalue weighted by Gasteiger charge is -2.34. The Morgan fingerprint density at radius 1 is 1.33 bits per heavy atom. The first kappa shape index (κ1) is 21.4. The van der Waals surface area contributed by atoms with Crippen LogP contribution in [0.1, 0.15) is 46.6 Å². The molecule has 2 rings (SSSR count). The number of esters is 1. The van der Waals surface area contributed by atoms with Crippen molar-refractivity contribution in [1.82, 2.24) is 9.88 Å². The summed E-state index contributed by atoms with van der Waals surface area (Å²) < 4.78 is 5.41. The zero-order chi connectivity index (χ0) is 20.2. The molecule has 2 heterocycles. The van der Waals surface area contributed by atoms with Crippen LogP contribution >= 0.6 is 11.8 Å². The van der Waals surface area contributed by atoms with Crippen LogP contribution in [0, 0.1) is 5.41 Å². The van der Waals surface area contributed by atoms with Gasteiger partial charge in [0.25, 0.3) is 5.91 Å². The summed E-state index contributed by atoms with van der Waals surface area (Å²) in [6, 6.07) is 3.11. The number of ketones is 1. The van der Waals surface area contributed by atoms with Gasteiger partial charge in [0, 0.05) is 23.6 Å². The van der Waals surface area contributed by atoms with Gasteiger partial charge in [-0.25, -0.2) is 4.79 Å². The fraction of sp³-hybridized carbons (Fsp3) is 0.600. The molecule has 27 heavy (non-hydrogen) atoms. The van der Waals surface area contributed by atoms with Gasteiger partial charge in [0.05, 0.1) is 11.5 Å². The van der Waals surface area contributed by atoms with Crippen LogP contribution in [0.5, 0.6) is 0 Å². The monoisotopic (exact) mass is 392 g/mol. The number of nitrogens with zero attached hydrogens (tertiary/aromatic N) is 2. The van der Waals surface area contributed by atoms with Gasteiger partial charge < -0.3 is 9.64 Å². The molecule has 6 nitrogen and oxygen atoms in total. The van der Waals surface area contributed by atoms with Crippen molar-refractivity contribution in [1.29, 1.82) is 0 Å². The fourth-order valence-corrected chi connectivity index (χ4v) is 4.08. The molecule has 0 aromatic carbocycles. The third kappa shape index (κ3) is 5.31. The van der Waals surface area contributed by atoms with Crippen LogP contribution in [-0.2, 0) is 25.5 Å². The predicted octanol–water partition coefficient (Wildman–Crippen LogP) is 2.85. The summed E-state index contributed by atoms with van der Waals surface area (Å²) in [7, 11) is 0. The van der Waals surface area contributed by atoms with Crippen molar-refractivity contribution in [3.05, 3.63) is 30.1 Å². The van der Waals surface area contributed by atoms with E-state index in [4.69, 9.17) is 4.74 Å². The normalized spacial score (nSPS) is 19.0. The maximum atomic E-state index is 12.8. The number of aromatic nitrogens is 1. The third-order valence-electron chi connectivity index (χ3n) is 4.43. The standard InChI is InChI=1S/C20H28N2O4S/c1-19(2,3)16(23)17(24)22-15(13-27-20(22,4)5)18(25)26-11-7-9-14-8-6-10-21-12-14/h6,8,10,12,15H,7,9,11,13H2,1-5H3/t15-/m0/s1. The van der Waals surface area contributed by atoms with Crippen LogP contribution in [-0.4, -0.2) is 50.8 Å². The van der Waals surface area contributed by atoms with Crippen LogP contribution in [0.25, 0.3) is 0 Å². The molecule has 1 aliphatic heterocycles. The van der Waals surface area contributed by atoms with Gasteiger partial charge in [-0.15, -0.1) is 11.8 Å². The van der Waals surface area contributed by atoms with Crippen molar-refractivity contribution in [3.63, 3.8) is 0 Å². The minimum atomic E-state index is -0.793. The highest BCUT2D eigenvalue weighted by molar-refractivity contribution is 8.00. The maximum absolute atomic E-state index is 12.8. The molecule has 1 aliphatic rings. The van der Waals surface area contributed by atoms with Gasteiger partial charge in [-0.05, 0) is 38.3 Å². The molecular weight excluding hydrogens is 364 g/mol. The van der Waals surface area contributed by atoms with E-state index in [0.29, 0.717) is 12.2 Å². The molecule has 148 valence electrons. The van der Waals surface area contributed by atoms with Gasteiger partial charge >= 0.3 is 5.97 Å². The van der Waals surface area contributed by atoms with E-state index in [0.717, 1.165) is 12.0 Å². The average molecular weight is 393 g/mol. The molecule has 1 aromatic heterocycles. The second-order valence-electron chi connectivity index (χ2n) is 8.16. The summed E-state index contributed by atoms with van der Waals surface area (Å²) in [5, 5.41) is 0. The minimum Gasteiger partial charge on any atom is -0.464 e.